The molecule has 2 rings (SSSR count). The minimum Gasteiger partial charge on any atom is -0.348 e. The molecule has 4 heteroatoms. The number of hydrogen-bond donors (Lipinski definition) is 2. The summed E-state index contributed by atoms with van der Waals surface area (Å²) in [7, 11) is 0. The zero-order valence-corrected chi connectivity index (χ0v) is 12.7. The first-order chi connectivity index (χ1) is 10.1. The molecule has 0 aromatic heterocycles. The Morgan fingerprint density at radius 1 is 1.14 bits per heavy atom. The summed E-state index contributed by atoms with van der Waals surface area (Å²) >= 11 is 6.07. The van der Waals surface area contributed by atoms with Crippen molar-refractivity contribution in [2.24, 2.45) is 5.73 Å². The molecule has 2 unspecified atom stereocenters. The van der Waals surface area contributed by atoms with Crippen LogP contribution in [-0.4, -0.2) is 12.5 Å². The molecule has 0 aliphatic rings. The van der Waals surface area contributed by atoms with Crippen molar-refractivity contribution < 1.29 is 4.79 Å². The van der Waals surface area contributed by atoms with E-state index in [-0.39, 0.29) is 24.4 Å². The molecule has 0 spiro atoms. The van der Waals surface area contributed by atoms with Crippen molar-refractivity contribution in [3.8, 4) is 0 Å². The van der Waals surface area contributed by atoms with Crippen LogP contribution in [0.3, 0.4) is 0 Å². The van der Waals surface area contributed by atoms with Crippen LogP contribution >= 0.6 is 11.6 Å². The second kappa shape index (κ2) is 7.25. The van der Waals surface area contributed by atoms with Crippen molar-refractivity contribution in [1.29, 1.82) is 0 Å². The van der Waals surface area contributed by atoms with Gasteiger partial charge in [-0.1, -0.05) is 61.0 Å². The van der Waals surface area contributed by atoms with E-state index in [2.05, 4.69) is 12.2 Å². The van der Waals surface area contributed by atoms with Gasteiger partial charge >= 0.3 is 0 Å². The zero-order chi connectivity index (χ0) is 15.2. The maximum atomic E-state index is 11.7. The van der Waals surface area contributed by atoms with E-state index >= 15 is 0 Å². The van der Waals surface area contributed by atoms with Crippen LogP contribution in [0.5, 0.6) is 0 Å². The molecule has 21 heavy (non-hydrogen) atoms. The molecule has 110 valence electrons. The average molecular weight is 303 g/mol. The summed E-state index contributed by atoms with van der Waals surface area (Å²) in [5, 5.41) is 3.68. The van der Waals surface area contributed by atoms with Gasteiger partial charge in [0.05, 0.1) is 12.6 Å². The van der Waals surface area contributed by atoms with Crippen LogP contribution in [0.25, 0.3) is 0 Å². The number of nitrogens with two attached hydrogens (primary N) is 1. The second-order valence-electron chi connectivity index (χ2n) is 5.00. The van der Waals surface area contributed by atoms with Gasteiger partial charge in [-0.25, -0.2) is 0 Å². The second-order valence-corrected chi connectivity index (χ2v) is 5.44. The summed E-state index contributed by atoms with van der Waals surface area (Å²) in [5.41, 5.74) is 7.55. The smallest absolute Gasteiger partial charge is 0.234 e. The third kappa shape index (κ3) is 4.06. The monoisotopic (exact) mass is 302 g/mol. The van der Waals surface area contributed by atoms with E-state index < -0.39 is 0 Å². The average Bonchev–Trinajstić information content (AvgIpc) is 2.52. The van der Waals surface area contributed by atoms with E-state index in [4.69, 9.17) is 17.3 Å². The molecule has 3 N–H and O–H groups in total. The summed E-state index contributed by atoms with van der Waals surface area (Å²) in [5.74, 6) is -0.0840. The van der Waals surface area contributed by atoms with Gasteiger partial charge in [0.2, 0.25) is 5.91 Å². The van der Waals surface area contributed by atoms with Gasteiger partial charge in [-0.15, -0.1) is 0 Å². The molecule has 1 amide bonds. The van der Waals surface area contributed by atoms with Crippen molar-refractivity contribution in [1.82, 2.24) is 5.32 Å². The first kappa shape index (κ1) is 15.5. The molecule has 2 atom stereocenters. The van der Waals surface area contributed by atoms with Crippen molar-refractivity contribution in [2.75, 3.05) is 6.54 Å². The van der Waals surface area contributed by atoms with Crippen molar-refractivity contribution in [2.45, 2.75) is 18.9 Å². The molecular formula is C17H19ClN2O. The molecule has 0 saturated heterocycles. The van der Waals surface area contributed by atoms with Crippen molar-refractivity contribution >= 4 is 17.5 Å². The minimum absolute atomic E-state index is 0.0222. The van der Waals surface area contributed by atoms with Crippen LogP contribution in [0, 0.1) is 0 Å². The van der Waals surface area contributed by atoms with Gasteiger partial charge in [0.1, 0.15) is 0 Å². The first-order valence-corrected chi connectivity index (χ1v) is 7.29. The fourth-order valence-electron chi connectivity index (χ4n) is 2.37. The summed E-state index contributed by atoms with van der Waals surface area (Å²) in [6.07, 6.45) is 0. The Morgan fingerprint density at radius 2 is 1.81 bits per heavy atom. The SMILES string of the molecule is CC(c1cccc(Cl)c1)C(NC(=O)CN)c1ccccc1. The Hall–Kier alpha value is -1.84. The fraction of sp³-hybridized carbons (Fsp3) is 0.235. The van der Waals surface area contributed by atoms with Gasteiger partial charge < -0.3 is 11.1 Å². The third-order valence-corrected chi connectivity index (χ3v) is 3.77. The van der Waals surface area contributed by atoms with Gasteiger partial charge in [0.15, 0.2) is 0 Å². The number of benzene rings is 2. The number of carbonyl (C=O) groups is 1. The van der Waals surface area contributed by atoms with E-state index in [9.17, 15) is 4.79 Å². The largest absolute Gasteiger partial charge is 0.348 e. The van der Waals surface area contributed by atoms with Crippen LogP contribution in [0.1, 0.15) is 30.0 Å². The maximum Gasteiger partial charge on any atom is 0.234 e. The highest BCUT2D eigenvalue weighted by Gasteiger charge is 2.22. The maximum absolute atomic E-state index is 11.7. The highest BCUT2D eigenvalue weighted by molar-refractivity contribution is 6.30. The Labute approximate surface area is 130 Å². The minimum atomic E-state index is -0.169. The summed E-state index contributed by atoms with van der Waals surface area (Å²) < 4.78 is 0. The van der Waals surface area contributed by atoms with Gasteiger partial charge in [-0.05, 0) is 23.3 Å². The van der Waals surface area contributed by atoms with Gasteiger partial charge in [-0.3, -0.25) is 4.79 Å². The third-order valence-electron chi connectivity index (χ3n) is 3.54. The Morgan fingerprint density at radius 3 is 2.43 bits per heavy atom. The molecule has 0 radical (unpaired) electrons. The molecule has 0 aliphatic carbocycles. The topological polar surface area (TPSA) is 55.1 Å². The summed E-state index contributed by atoms with van der Waals surface area (Å²) in [4.78, 5) is 11.7. The van der Waals surface area contributed by atoms with E-state index in [0.29, 0.717) is 5.02 Å². The molecule has 0 saturated carbocycles. The van der Waals surface area contributed by atoms with Crippen LogP contribution in [0.2, 0.25) is 5.02 Å². The number of nitrogens with one attached hydrogen (secondary N) is 1. The van der Waals surface area contributed by atoms with Gasteiger partial charge in [0, 0.05) is 10.9 Å². The van der Waals surface area contributed by atoms with Crippen LogP contribution in [-0.2, 0) is 4.79 Å². The van der Waals surface area contributed by atoms with E-state index in [1.165, 1.54) is 0 Å². The van der Waals surface area contributed by atoms with Gasteiger partial charge in [-0.2, -0.15) is 0 Å². The number of amides is 1. The van der Waals surface area contributed by atoms with Crippen molar-refractivity contribution in [3.63, 3.8) is 0 Å². The quantitative estimate of drug-likeness (QED) is 0.890. The van der Waals surface area contributed by atoms with Crippen LogP contribution < -0.4 is 11.1 Å². The molecule has 0 heterocycles. The molecule has 0 aliphatic heterocycles. The van der Waals surface area contributed by atoms with E-state index in [0.717, 1.165) is 11.1 Å². The Bertz CT molecular complexity index is 601. The normalized spacial score (nSPS) is 13.5. The van der Waals surface area contributed by atoms with Crippen molar-refractivity contribution in [3.05, 3.63) is 70.7 Å². The van der Waals surface area contributed by atoms with Crippen LogP contribution in [0.4, 0.5) is 0 Å². The number of rotatable bonds is 5. The standard InChI is InChI=1S/C17H19ClN2O/c1-12(14-8-5-9-15(18)10-14)17(20-16(21)11-19)13-6-3-2-4-7-13/h2-10,12,17H,11,19H2,1H3,(H,20,21). The number of carbonyl (C=O) groups excluding carboxylic acids is 1. The predicted molar refractivity (Wildman–Crippen MR) is 86.2 cm³/mol. The number of halogens is 1. The van der Waals surface area contributed by atoms with E-state index in [1.54, 1.807) is 0 Å². The first-order valence-electron chi connectivity index (χ1n) is 6.91. The summed E-state index contributed by atoms with van der Waals surface area (Å²) in [6, 6.07) is 17.4. The highest BCUT2D eigenvalue weighted by atomic mass is 35.5. The fourth-order valence-corrected chi connectivity index (χ4v) is 2.57. The highest BCUT2D eigenvalue weighted by Crippen LogP contribution is 2.31. The molecule has 2 aromatic rings. The zero-order valence-electron chi connectivity index (χ0n) is 11.9. The molecule has 0 bridgehead atoms. The van der Waals surface area contributed by atoms with Gasteiger partial charge in [0.25, 0.3) is 0 Å². The van der Waals surface area contributed by atoms with Crippen LogP contribution in [0.15, 0.2) is 54.6 Å². The number of hydrogen-bond acceptors (Lipinski definition) is 2. The molecule has 2 aromatic carbocycles. The molecular weight excluding hydrogens is 284 g/mol. The lowest BCUT2D eigenvalue weighted by molar-refractivity contribution is -0.120. The Kier molecular flexibility index (Phi) is 5.37. The summed E-state index contributed by atoms with van der Waals surface area (Å²) in [6.45, 7) is 2.05. The predicted octanol–water partition coefficient (Wildman–Crippen LogP) is 3.26. The molecule has 3 nitrogen and oxygen atoms in total. The van der Waals surface area contributed by atoms with E-state index in [1.807, 2.05) is 54.6 Å². The lowest BCUT2D eigenvalue weighted by Gasteiger charge is -2.26. The lowest BCUT2D eigenvalue weighted by atomic mass is 9.88. The lowest BCUT2D eigenvalue weighted by Crippen LogP contribution is -2.36. The molecule has 0 fully saturated rings. The Balaban J connectivity index is 2.32.